The third-order valence-electron chi connectivity index (χ3n) is 6.11. The molecule has 1 amide bonds. The van der Waals surface area contributed by atoms with Gasteiger partial charge in [0, 0.05) is 32.7 Å². The second-order valence-electron chi connectivity index (χ2n) is 8.11. The number of rotatable bonds is 4. The number of hydrogen-bond acceptors (Lipinski definition) is 3. The largest absolute Gasteiger partial charge is 0.481 e. The van der Waals surface area contributed by atoms with Gasteiger partial charge in [0.2, 0.25) is 5.91 Å². The number of hydrogen-bond donors (Lipinski definition) is 1. The molecular weight excluding hydrogens is 340 g/mol. The molecule has 0 unspecified atom stereocenters. The first kappa shape index (κ1) is 19.6. The van der Waals surface area contributed by atoms with Crippen molar-refractivity contribution in [2.75, 3.05) is 26.2 Å². The van der Waals surface area contributed by atoms with Crippen molar-refractivity contribution < 1.29 is 14.7 Å². The first-order valence-corrected chi connectivity index (χ1v) is 9.80. The van der Waals surface area contributed by atoms with Gasteiger partial charge in [0.05, 0.1) is 11.8 Å². The summed E-state index contributed by atoms with van der Waals surface area (Å²) in [6, 6.07) is 8.57. The normalized spacial score (nSPS) is 24.2. The van der Waals surface area contributed by atoms with E-state index in [4.69, 9.17) is 0 Å². The SMILES string of the molecule is CC1=C(C)C[C@H](C(=O)N2CCN(Cc3ccc(C)cc3)CC2)[C@@H](C(=O)O)C1. The van der Waals surface area contributed by atoms with Crippen LogP contribution < -0.4 is 0 Å². The zero-order valence-corrected chi connectivity index (χ0v) is 16.6. The fraction of sp³-hybridized carbons (Fsp3) is 0.545. The third-order valence-corrected chi connectivity index (χ3v) is 6.11. The molecule has 1 aromatic carbocycles. The smallest absolute Gasteiger partial charge is 0.307 e. The minimum Gasteiger partial charge on any atom is -0.481 e. The molecule has 2 atom stereocenters. The molecule has 5 heteroatoms. The average Bonchev–Trinajstić information content (AvgIpc) is 2.65. The maximum atomic E-state index is 13.0. The van der Waals surface area contributed by atoms with Crippen molar-refractivity contribution >= 4 is 11.9 Å². The number of nitrogens with zero attached hydrogens (tertiary/aromatic N) is 2. The second kappa shape index (κ2) is 8.26. The van der Waals surface area contributed by atoms with Crippen LogP contribution in [0.1, 0.15) is 37.8 Å². The number of carboxylic acids is 1. The summed E-state index contributed by atoms with van der Waals surface area (Å²) in [6.45, 7) is 10.00. The van der Waals surface area contributed by atoms with Gasteiger partial charge in [-0.2, -0.15) is 0 Å². The number of carboxylic acid groups (broad SMARTS) is 1. The van der Waals surface area contributed by atoms with Crippen LogP contribution in [-0.4, -0.2) is 53.0 Å². The van der Waals surface area contributed by atoms with Crippen molar-refractivity contribution in [2.24, 2.45) is 11.8 Å². The first-order chi connectivity index (χ1) is 12.8. The molecule has 1 aromatic rings. The summed E-state index contributed by atoms with van der Waals surface area (Å²) in [7, 11) is 0. The molecule has 0 radical (unpaired) electrons. The number of piperazine rings is 1. The molecule has 27 heavy (non-hydrogen) atoms. The molecule has 1 aliphatic carbocycles. The van der Waals surface area contributed by atoms with Crippen LogP contribution in [0.25, 0.3) is 0 Å². The van der Waals surface area contributed by atoms with E-state index in [1.165, 1.54) is 16.7 Å². The number of carbonyl (C=O) groups is 2. The molecule has 146 valence electrons. The quantitative estimate of drug-likeness (QED) is 0.828. The van der Waals surface area contributed by atoms with Crippen LogP contribution in [0.4, 0.5) is 0 Å². The number of allylic oxidation sites excluding steroid dienone is 2. The molecule has 1 saturated heterocycles. The van der Waals surface area contributed by atoms with Gasteiger partial charge in [0.25, 0.3) is 0 Å². The number of carbonyl (C=O) groups excluding carboxylic acids is 1. The van der Waals surface area contributed by atoms with Crippen LogP contribution >= 0.6 is 0 Å². The van der Waals surface area contributed by atoms with E-state index in [2.05, 4.69) is 36.1 Å². The molecule has 2 aliphatic rings. The minimum atomic E-state index is -0.849. The maximum Gasteiger partial charge on any atom is 0.307 e. The van der Waals surface area contributed by atoms with Gasteiger partial charge in [-0.15, -0.1) is 0 Å². The molecule has 5 nitrogen and oxygen atoms in total. The first-order valence-electron chi connectivity index (χ1n) is 9.80. The lowest BCUT2D eigenvalue weighted by molar-refractivity contribution is -0.151. The Bertz CT molecular complexity index is 730. The average molecular weight is 370 g/mol. The van der Waals surface area contributed by atoms with E-state index in [9.17, 15) is 14.7 Å². The number of benzene rings is 1. The highest BCUT2D eigenvalue weighted by molar-refractivity contribution is 5.85. The Hall–Kier alpha value is -2.14. The van der Waals surface area contributed by atoms with Gasteiger partial charge in [-0.25, -0.2) is 0 Å². The van der Waals surface area contributed by atoms with E-state index >= 15 is 0 Å². The van der Waals surface area contributed by atoms with Crippen LogP contribution in [0.2, 0.25) is 0 Å². The zero-order chi connectivity index (χ0) is 19.6. The molecule has 1 fully saturated rings. The van der Waals surface area contributed by atoms with Crippen molar-refractivity contribution in [1.82, 2.24) is 9.80 Å². The van der Waals surface area contributed by atoms with Crippen LogP contribution in [0.15, 0.2) is 35.4 Å². The summed E-state index contributed by atoms with van der Waals surface area (Å²) in [5, 5.41) is 9.58. The van der Waals surface area contributed by atoms with Crippen LogP contribution in [0.3, 0.4) is 0 Å². The lowest BCUT2D eigenvalue weighted by Gasteiger charge is -2.38. The highest BCUT2D eigenvalue weighted by atomic mass is 16.4. The van der Waals surface area contributed by atoms with E-state index in [-0.39, 0.29) is 5.91 Å². The van der Waals surface area contributed by atoms with Crippen molar-refractivity contribution in [3.63, 3.8) is 0 Å². The van der Waals surface area contributed by atoms with E-state index in [1.807, 2.05) is 18.7 Å². The molecule has 1 N–H and O–H groups in total. The van der Waals surface area contributed by atoms with E-state index in [0.29, 0.717) is 25.9 Å². The molecule has 1 heterocycles. The summed E-state index contributed by atoms with van der Waals surface area (Å²) in [5.41, 5.74) is 4.84. The van der Waals surface area contributed by atoms with Crippen molar-refractivity contribution in [3.05, 3.63) is 46.5 Å². The van der Waals surface area contributed by atoms with Gasteiger partial charge < -0.3 is 10.0 Å². The Morgan fingerprint density at radius 2 is 1.48 bits per heavy atom. The van der Waals surface area contributed by atoms with E-state index < -0.39 is 17.8 Å². The van der Waals surface area contributed by atoms with E-state index in [0.717, 1.165) is 25.2 Å². The highest BCUT2D eigenvalue weighted by Gasteiger charge is 2.39. The van der Waals surface area contributed by atoms with Crippen LogP contribution in [-0.2, 0) is 16.1 Å². The summed E-state index contributed by atoms with van der Waals surface area (Å²) in [4.78, 5) is 29.0. The fourth-order valence-corrected chi connectivity index (χ4v) is 4.12. The molecule has 0 aromatic heterocycles. The molecule has 0 saturated carbocycles. The lowest BCUT2D eigenvalue weighted by atomic mass is 9.76. The Balaban J connectivity index is 1.59. The zero-order valence-electron chi connectivity index (χ0n) is 16.6. The molecule has 0 bridgehead atoms. The topological polar surface area (TPSA) is 60.9 Å². The monoisotopic (exact) mass is 370 g/mol. The van der Waals surface area contributed by atoms with Gasteiger partial charge in [-0.05, 0) is 39.2 Å². The fourth-order valence-electron chi connectivity index (χ4n) is 4.12. The molecule has 1 aliphatic heterocycles. The standard InChI is InChI=1S/C22H30N2O3/c1-15-4-6-18(7-5-15)14-23-8-10-24(11-9-23)21(25)19-12-16(2)17(3)13-20(19)22(26)27/h4-7,19-20H,8-14H2,1-3H3,(H,26,27)/t19-,20-/m0/s1. The maximum absolute atomic E-state index is 13.0. The van der Waals surface area contributed by atoms with Gasteiger partial charge in [-0.3, -0.25) is 14.5 Å². The van der Waals surface area contributed by atoms with Crippen molar-refractivity contribution in [1.29, 1.82) is 0 Å². The summed E-state index contributed by atoms with van der Waals surface area (Å²) in [6.07, 6.45) is 1.07. The minimum absolute atomic E-state index is 0.0178. The third kappa shape index (κ3) is 4.59. The molecule has 0 spiro atoms. The predicted molar refractivity (Wildman–Crippen MR) is 105 cm³/mol. The Morgan fingerprint density at radius 1 is 0.926 bits per heavy atom. The van der Waals surface area contributed by atoms with Gasteiger partial charge >= 0.3 is 5.97 Å². The lowest BCUT2D eigenvalue weighted by Crippen LogP contribution is -2.51. The Kier molecular flexibility index (Phi) is 6.00. The van der Waals surface area contributed by atoms with Crippen molar-refractivity contribution in [3.8, 4) is 0 Å². The summed E-state index contributed by atoms with van der Waals surface area (Å²) < 4.78 is 0. The Morgan fingerprint density at radius 3 is 2.04 bits per heavy atom. The predicted octanol–water partition coefficient (Wildman–Crippen LogP) is 3.09. The number of amides is 1. The van der Waals surface area contributed by atoms with Crippen molar-refractivity contribution in [2.45, 2.75) is 40.2 Å². The molecular formula is C22H30N2O3. The van der Waals surface area contributed by atoms with Gasteiger partial charge in [0.1, 0.15) is 0 Å². The van der Waals surface area contributed by atoms with Crippen LogP contribution in [0.5, 0.6) is 0 Å². The van der Waals surface area contributed by atoms with Gasteiger partial charge in [-0.1, -0.05) is 41.0 Å². The van der Waals surface area contributed by atoms with Crippen LogP contribution in [0, 0.1) is 18.8 Å². The summed E-state index contributed by atoms with van der Waals surface area (Å²) >= 11 is 0. The number of aryl methyl sites for hydroxylation is 1. The van der Waals surface area contributed by atoms with E-state index in [1.54, 1.807) is 0 Å². The number of aliphatic carboxylic acids is 1. The highest BCUT2D eigenvalue weighted by Crippen LogP contribution is 2.35. The Labute approximate surface area is 161 Å². The molecule has 3 rings (SSSR count). The summed E-state index contributed by atoms with van der Waals surface area (Å²) in [5.74, 6) is -1.84. The second-order valence-corrected chi connectivity index (χ2v) is 8.11. The van der Waals surface area contributed by atoms with Gasteiger partial charge in [0.15, 0.2) is 0 Å².